The van der Waals surface area contributed by atoms with E-state index in [0.717, 1.165) is 19.3 Å². The number of anilines is 1. The predicted octanol–water partition coefficient (Wildman–Crippen LogP) is 3.68. The number of nitro groups is 1. The number of aromatic carboxylic acids is 1. The minimum atomic E-state index is -1.08. The number of carboxylic acids is 1. The molecule has 1 saturated carbocycles. The van der Waals surface area contributed by atoms with Gasteiger partial charge in [0.2, 0.25) is 0 Å². The number of carboxylic acid groups (broad SMARTS) is 1. The maximum Gasteiger partial charge on any atom is 0.335 e. The van der Waals surface area contributed by atoms with E-state index in [0.29, 0.717) is 12.2 Å². The molecule has 6 heteroatoms. The molecule has 114 valence electrons. The standard InChI is InChI=1S/C15H20N2O4/c1-2-15(7-3-4-8-15)10-16-12-9-11(14(18)19)5-6-13(12)17(20)21/h5-6,9,16H,2-4,7-8,10H2,1H3,(H,18,19). The van der Waals surface area contributed by atoms with Crippen molar-refractivity contribution in [3.63, 3.8) is 0 Å². The Morgan fingerprint density at radius 1 is 1.43 bits per heavy atom. The van der Waals surface area contributed by atoms with Crippen LogP contribution in [-0.2, 0) is 0 Å². The van der Waals surface area contributed by atoms with Crippen LogP contribution in [0.5, 0.6) is 0 Å². The molecule has 0 radical (unpaired) electrons. The normalized spacial score (nSPS) is 16.6. The van der Waals surface area contributed by atoms with E-state index in [1.165, 1.54) is 31.0 Å². The summed E-state index contributed by atoms with van der Waals surface area (Å²) < 4.78 is 0. The average molecular weight is 292 g/mol. The summed E-state index contributed by atoms with van der Waals surface area (Å²) in [5.41, 5.74) is 0.441. The highest BCUT2D eigenvalue weighted by atomic mass is 16.6. The van der Waals surface area contributed by atoms with Gasteiger partial charge in [0.15, 0.2) is 0 Å². The van der Waals surface area contributed by atoms with E-state index in [9.17, 15) is 14.9 Å². The number of nitrogens with zero attached hydrogens (tertiary/aromatic N) is 1. The fraction of sp³-hybridized carbons (Fsp3) is 0.533. The van der Waals surface area contributed by atoms with Gasteiger partial charge in [-0.2, -0.15) is 0 Å². The molecule has 0 saturated heterocycles. The van der Waals surface area contributed by atoms with Crippen molar-refractivity contribution in [3.05, 3.63) is 33.9 Å². The molecule has 0 aromatic heterocycles. The summed E-state index contributed by atoms with van der Waals surface area (Å²) in [6, 6.07) is 3.86. The quantitative estimate of drug-likeness (QED) is 0.616. The van der Waals surface area contributed by atoms with Crippen molar-refractivity contribution in [2.45, 2.75) is 39.0 Å². The molecule has 0 aliphatic heterocycles. The molecule has 0 amide bonds. The summed E-state index contributed by atoms with van der Waals surface area (Å²) in [6.45, 7) is 2.78. The summed E-state index contributed by atoms with van der Waals surface area (Å²) in [4.78, 5) is 21.6. The SMILES string of the molecule is CCC1(CNc2cc(C(=O)O)ccc2[N+](=O)[O-])CCCC1. The van der Waals surface area contributed by atoms with Crippen molar-refractivity contribution >= 4 is 17.3 Å². The van der Waals surface area contributed by atoms with Crippen LogP contribution in [0.1, 0.15) is 49.4 Å². The van der Waals surface area contributed by atoms with E-state index < -0.39 is 10.9 Å². The molecule has 2 rings (SSSR count). The third-order valence-corrected chi connectivity index (χ3v) is 4.51. The largest absolute Gasteiger partial charge is 0.478 e. The van der Waals surface area contributed by atoms with Crippen LogP contribution in [0.4, 0.5) is 11.4 Å². The topological polar surface area (TPSA) is 92.5 Å². The van der Waals surface area contributed by atoms with Crippen LogP contribution >= 0.6 is 0 Å². The van der Waals surface area contributed by atoms with E-state index in [2.05, 4.69) is 12.2 Å². The lowest BCUT2D eigenvalue weighted by Gasteiger charge is -2.28. The number of rotatable bonds is 6. The molecule has 1 aromatic carbocycles. The van der Waals surface area contributed by atoms with Gasteiger partial charge in [-0.15, -0.1) is 0 Å². The van der Waals surface area contributed by atoms with Gasteiger partial charge in [-0.3, -0.25) is 10.1 Å². The molecule has 0 atom stereocenters. The van der Waals surface area contributed by atoms with E-state index in [4.69, 9.17) is 5.11 Å². The Kier molecular flexibility index (Phi) is 4.45. The van der Waals surface area contributed by atoms with Crippen molar-refractivity contribution in [2.75, 3.05) is 11.9 Å². The van der Waals surface area contributed by atoms with Gasteiger partial charge < -0.3 is 10.4 Å². The van der Waals surface area contributed by atoms with Gasteiger partial charge in [0, 0.05) is 12.6 Å². The molecule has 6 nitrogen and oxygen atoms in total. The van der Waals surface area contributed by atoms with Gasteiger partial charge in [0.05, 0.1) is 10.5 Å². The summed E-state index contributed by atoms with van der Waals surface area (Å²) in [7, 11) is 0. The minimum Gasteiger partial charge on any atom is -0.478 e. The Morgan fingerprint density at radius 3 is 2.62 bits per heavy atom. The number of nitro benzene ring substituents is 1. The number of nitrogens with one attached hydrogen (secondary N) is 1. The molecule has 1 aliphatic carbocycles. The molecule has 1 fully saturated rings. The zero-order chi connectivity index (χ0) is 15.5. The molecule has 21 heavy (non-hydrogen) atoms. The van der Waals surface area contributed by atoms with Gasteiger partial charge >= 0.3 is 5.97 Å². The molecule has 1 aromatic rings. The molecule has 0 heterocycles. The van der Waals surface area contributed by atoms with Crippen LogP contribution < -0.4 is 5.32 Å². The zero-order valence-electron chi connectivity index (χ0n) is 12.1. The molecule has 2 N–H and O–H groups in total. The monoisotopic (exact) mass is 292 g/mol. The smallest absolute Gasteiger partial charge is 0.335 e. The zero-order valence-corrected chi connectivity index (χ0v) is 12.1. The maximum atomic E-state index is 11.1. The highest BCUT2D eigenvalue weighted by Gasteiger charge is 2.32. The first kappa shape index (κ1) is 15.3. The lowest BCUT2D eigenvalue weighted by Crippen LogP contribution is -2.26. The van der Waals surface area contributed by atoms with E-state index in [1.54, 1.807) is 0 Å². The Bertz CT molecular complexity index is 551. The van der Waals surface area contributed by atoms with Crippen molar-refractivity contribution in [3.8, 4) is 0 Å². The Hall–Kier alpha value is -2.11. The van der Waals surface area contributed by atoms with Crippen molar-refractivity contribution in [1.29, 1.82) is 0 Å². The second kappa shape index (κ2) is 6.11. The van der Waals surface area contributed by atoms with E-state index in [-0.39, 0.29) is 16.7 Å². The van der Waals surface area contributed by atoms with Crippen molar-refractivity contribution in [2.24, 2.45) is 5.41 Å². The predicted molar refractivity (Wildman–Crippen MR) is 79.7 cm³/mol. The van der Waals surface area contributed by atoms with Crippen LogP contribution in [0, 0.1) is 15.5 Å². The van der Waals surface area contributed by atoms with Gasteiger partial charge in [0.1, 0.15) is 5.69 Å². The minimum absolute atomic E-state index is 0.0556. The summed E-state index contributed by atoms with van der Waals surface area (Å²) >= 11 is 0. The van der Waals surface area contributed by atoms with Crippen molar-refractivity contribution < 1.29 is 14.8 Å². The van der Waals surface area contributed by atoms with Gasteiger partial charge in [-0.05, 0) is 36.8 Å². The Labute approximate surface area is 123 Å². The molecule has 1 aliphatic rings. The van der Waals surface area contributed by atoms with Gasteiger partial charge in [-0.25, -0.2) is 4.79 Å². The Morgan fingerprint density at radius 2 is 2.10 bits per heavy atom. The maximum absolute atomic E-state index is 11.1. The van der Waals surface area contributed by atoms with Gasteiger partial charge in [0.25, 0.3) is 5.69 Å². The lowest BCUT2D eigenvalue weighted by molar-refractivity contribution is -0.384. The number of hydrogen-bond acceptors (Lipinski definition) is 4. The lowest BCUT2D eigenvalue weighted by atomic mass is 9.83. The molecular formula is C15H20N2O4. The molecular weight excluding hydrogens is 272 g/mol. The van der Waals surface area contributed by atoms with E-state index >= 15 is 0 Å². The fourth-order valence-electron chi connectivity index (χ4n) is 3.03. The average Bonchev–Trinajstić information content (AvgIpc) is 2.94. The van der Waals surface area contributed by atoms with E-state index in [1.807, 2.05) is 0 Å². The third-order valence-electron chi connectivity index (χ3n) is 4.51. The number of benzene rings is 1. The molecule has 0 unspecified atom stereocenters. The highest BCUT2D eigenvalue weighted by Crippen LogP contribution is 2.41. The number of carbonyl (C=O) groups is 1. The number of hydrogen-bond donors (Lipinski definition) is 2. The van der Waals surface area contributed by atoms with Gasteiger partial charge in [-0.1, -0.05) is 19.8 Å². The van der Waals surface area contributed by atoms with Crippen molar-refractivity contribution in [1.82, 2.24) is 0 Å². The fourth-order valence-corrected chi connectivity index (χ4v) is 3.03. The third kappa shape index (κ3) is 3.32. The second-order valence-corrected chi connectivity index (χ2v) is 5.71. The Balaban J connectivity index is 2.22. The highest BCUT2D eigenvalue weighted by molar-refractivity contribution is 5.90. The second-order valence-electron chi connectivity index (χ2n) is 5.71. The summed E-state index contributed by atoms with van der Waals surface area (Å²) in [6.07, 6.45) is 5.62. The molecule has 0 spiro atoms. The summed E-state index contributed by atoms with van der Waals surface area (Å²) in [5.74, 6) is -1.08. The van der Waals surface area contributed by atoms with Crippen LogP contribution in [-0.4, -0.2) is 22.5 Å². The van der Waals surface area contributed by atoms with Crippen LogP contribution in [0.15, 0.2) is 18.2 Å². The first-order valence-electron chi connectivity index (χ1n) is 7.23. The van der Waals surface area contributed by atoms with Crippen LogP contribution in [0.3, 0.4) is 0 Å². The summed E-state index contributed by atoms with van der Waals surface area (Å²) in [5, 5.41) is 23.2. The van der Waals surface area contributed by atoms with Crippen LogP contribution in [0.2, 0.25) is 0 Å². The first-order chi connectivity index (χ1) is 9.97. The first-order valence-corrected chi connectivity index (χ1v) is 7.23. The van der Waals surface area contributed by atoms with Crippen LogP contribution in [0.25, 0.3) is 0 Å². The molecule has 0 bridgehead atoms.